The molecule has 1 aromatic carbocycles. The molecule has 0 saturated heterocycles. The van der Waals surface area contributed by atoms with E-state index in [4.69, 9.17) is 5.14 Å². The van der Waals surface area contributed by atoms with Gasteiger partial charge in [-0.15, -0.1) is 17.5 Å². The first-order chi connectivity index (χ1) is 7.43. The summed E-state index contributed by atoms with van der Waals surface area (Å²) in [6, 6.07) is 5.59. The van der Waals surface area contributed by atoms with Crippen LogP contribution >= 0.6 is 24.6 Å². The van der Waals surface area contributed by atoms with Gasteiger partial charge < -0.3 is 4.74 Å². The minimum absolute atomic E-state index is 0. The number of thiocarbonyl (C=S) groups is 1. The van der Waals surface area contributed by atoms with E-state index in [-0.39, 0.29) is 22.5 Å². The fourth-order valence-corrected chi connectivity index (χ4v) is 1.40. The highest BCUT2D eigenvalue weighted by atomic mass is 35.5. The zero-order chi connectivity index (χ0) is 12.2. The number of nitrogens with zero attached hydrogens (tertiary/aromatic N) is 2. The highest BCUT2D eigenvalue weighted by Crippen LogP contribution is 2.15. The Hall–Kier alpha value is -1.09. The van der Waals surface area contributed by atoms with Crippen molar-refractivity contribution in [3.63, 3.8) is 0 Å². The van der Waals surface area contributed by atoms with E-state index in [1.165, 1.54) is 31.4 Å². The van der Waals surface area contributed by atoms with Gasteiger partial charge in [-0.2, -0.15) is 0 Å². The molecule has 0 radical (unpaired) electrons. The van der Waals surface area contributed by atoms with Crippen LogP contribution in [0.2, 0.25) is 0 Å². The van der Waals surface area contributed by atoms with Crippen LogP contribution in [0.3, 0.4) is 0 Å². The van der Waals surface area contributed by atoms with Gasteiger partial charge in [-0.05, 0) is 36.5 Å². The van der Waals surface area contributed by atoms with Crippen LogP contribution in [0.15, 0.2) is 39.4 Å². The van der Waals surface area contributed by atoms with Gasteiger partial charge in [0.25, 0.3) is 0 Å². The van der Waals surface area contributed by atoms with Crippen molar-refractivity contribution in [1.29, 1.82) is 0 Å². The Morgan fingerprint density at radius 2 is 1.88 bits per heavy atom. The van der Waals surface area contributed by atoms with Crippen LogP contribution < -0.4 is 5.14 Å². The molecule has 0 atom stereocenters. The number of azo groups is 1. The highest BCUT2D eigenvalue weighted by Gasteiger charge is 2.06. The molecule has 0 saturated carbocycles. The molecule has 6 nitrogen and oxygen atoms in total. The summed E-state index contributed by atoms with van der Waals surface area (Å²) in [7, 11) is -2.30. The van der Waals surface area contributed by atoms with Crippen molar-refractivity contribution in [3.05, 3.63) is 24.3 Å². The molecule has 0 aromatic heterocycles. The summed E-state index contributed by atoms with van der Waals surface area (Å²) in [5, 5.41) is 12.2. The van der Waals surface area contributed by atoms with Gasteiger partial charge in [0.1, 0.15) is 0 Å². The zero-order valence-corrected chi connectivity index (χ0v) is 11.2. The first-order valence-electron chi connectivity index (χ1n) is 4.06. The molecular formula is C8H10ClN3O3S2. The van der Waals surface area contributed by atoms with Crippen LogP contribution in [0.5, 0.6) is 0 Å². The Morgan fingerprint density at radius 3 is 2.29 bits per heavy atom. The molecule has 2 N–H and O–H groups in total. The van der Waals surface area contributed by atoms with Crippen LogP contribution in [0.25, 0.3) is 0 Å². The maximum absolute atomic E-state index is 10.9. The van der Waals surface area contributed by atoms with Crippen molar-refractivity contribution >= 4 is 45.5 Å². The number of ether oxygens (including phenoxy) is 1. The van der Waals surface area contributed by atoms with Crippen LogP contribution in [0.4, 0.5) is 5.69 Å². The number of hydrogen-bond donors (Lipinski definition) is 1. The summed E-state index contributed by atoms with van der Waals surface area (Å²) in [6.07, 6.45) is 0. The lowest BCUT2D eigenvalue weighted by Gasteiger charge is -1.97. The first-order valence-corrected chi connectivity index (χ1v) is 6.01. The summed E-state index contributed by atoms with van der Waals surface area (Å²) >= 11 is 4.64. The molecular weight excluding hydrogens is 286 g/mol. The predicted octanol–water partition coefficient (Wildman–Crippen LogP) is 1.77. The Morgan fingerprint density at radius 1 is 1.35 bits per heavy atom. The fraction of sp³-hybridized carbons (Fsp3) is 0.125. The molecule has 0 aliphatic rings. The standard InChI is InChI=1S/C8H9N3O3S2.ClH/c1-14-8(15)11-10-6-2-4-7(5-3-6)16(9,12)13;/h2-5H,1H3,(H2,9,12,13);1H. The van der Waals surface area contributed by atoms with Gasteiger partial charge in [-0.1, -0.05) is 5.11 Å². The van der Waals surface area contributed by atoms with E-state index in [9.17, 15) is 8.42 Å². The fourth-order valence-electron chi connectivity index (χ4n) is 0.842. The molecule has 0 bridgehead atoms. The van der Waals surface area contributed by atoms with Crippen molar-refractivity contribution in [1.82, 2.24) is 0 Å². The maximum atomic E-state index is 10.9. The molecule has 0 fully saturated rings. The number of halogens is 1. The van der Waals surface area contributed by atoms with E-state index < -0.39 is 10.0 Å². The molecule has 1 rings (SSSR count). The predicted molar refractivity (Wildman–Crippen MR) is 69.2 cm³/mol. The average Bonchev–Trinajstić information content (AvgIpc) is 2.25. The van der Waals surface area contributed by atoms with E-state index in [2.05, 4.69) is 27.2 Å². The molecule has 0 aliphatic carbocycles. The van der Waals surface area contributed by atoms with Crippen molar-refractivity contribution < 1.29 is 13.2 Å². The van der Waals surface area contributed by atoms with Crippen LogP contribution in [-0.2, 0) is 14.8 Å². The van der Waals surface area contributed by atoms with E-state index >= 15 is 0 Å². The van der Waals surface area contributed by atoms with Gasteiger partial charge in [0.2, 0.25) is 10.0 Å². The number of sulfonamides is 1. The molecule has 1 aromatic rings. The van der Waals surface area contributed by atoms with E-state index in [0.717, 1.165) is 0 Å². The molecule has 94 valence electrons. The van der Waals surface area contributed by atoms with Gasteiger partial charge in [0.05, 0.1) is 17.7 Å². The van der Waals surface area contributed by atoms with Crippen molar-refractivity contribution in [2.75, 3.05) is 7.11 Å². The van der Waals surface area contributed by atoms with Gasteiger partial charge in [0, 0.05) is 0 Å². The lowest BCUT2D eigenvalue weighted by Crippen LogP contribution is -2.11. The second kappa shape index (κ2) is 6.60. The zero-order valence-electron chi connectivity index (χ0n) is 8.73. The third-order valence-corrected chi connectivity index (χ3v) is 2.76. The Kier molecular flexibility index (Phi) is 6.18. The monoisotopic (exact) mass is 295 g/mol. The number of nitrogens with two attached hydrogens (primary N) is 1. The summed E-state index contributed by atoms with van der Waals surface area (Å²) in [5.74, 6) is 0. The lowest BCUT2D eigenvalue weighted by molar-refractivity contribution is 0.406. The number of methoxy groups -OCH3 is 1. The third-order valence-electron chi connectivity index (χ3n) is 1.59. The summed E-state index contributed by atoms with van der Waals surface area (Å²) in [4.78, 5) is 0.0146. The molecule has 0 heterocycles. The number of primary sulfonamides is 1. The maximum Gasteiger partial charge on any atom is 0.302 e. The molecule has 0 unspecified atom stereocenters. The van der Waals surface area contributed by atoms with Crippen molar-refractivity contribution in [2.45, 2.75) is 4.90 Å². The molecule has 17 heavy (non-hydrogen) atoms. The van der Waals surface area contributed by atoms with Gasteiger partial charge in [-0.25, -0.2) is 13.6 Å². The number of hydrogen-bond acceptors (Lipinski definition) is 5. The van der Waals surface area contributed by atoms with Crippen LogP contribution in [0.1, 0.15) is 0 Å². The third kappa shape index (κ3) is 5.18. The van der Waals surface area contributed by atoms with Gasteiger partial charge in [0.15, 0.2) is 0 Å². The normalized spacial score (nSPS) is 10.9. The Bertz CT molecular complexity index is 513. The quantitative estimate of drug-likeness (QED) is 0.664. The number of benzene rings is 1. The smallest absolute Gasteiger partial charge is 0.302 e. The minimum atomic E-state index is -3.68. The van der Waals surface area contributed by atoms with E-state index in [1.807, 2.05) is 0 Å². The highest BCUT2D eigenvalue weighted by molar-refractivity contribution is 7.89. The van der Waals surface area contributed by atoms with Crippen LogP contribution in [0, 0.1) is 0 Å². The van der Waals surface area contributed by atoms with E-state index in [0.29, 0.717) is 5.69 Å². The lowest BCUT2D eigenvalue weighted by atomic mass is 10.3. The second-order valence-electron chi connectivity index (χ2n) is 2.71. The first kappa shape index (κ1) is 15.9. The van der Waals surface area contributed by atoms with E-state index in [1.54, 1.807) is 0 Å². The minimum Gasteiger partial charge on any atom is -0.472 e. The molecule has 0 aliphatic heterocycles. The average molecular weight is 296 g/mol. The molecule has 9 heteroatoms. The summed E-state index contributed by atoms with van der Waals surface area (Å²) in [5.41, 5.74) is 0.451. The summed E-state index contributed by atoms with van der Waals surface area (Å²) in [6.45, 7) is 0. The summed E-state index contributed by atoms with van der Waals surface area (Å²) < 4.78 is 26.5. The van der Waals surface area contributed by atoms with Crippen molar-refractivity contribution in [2.24, 2.45) is 15.4 Å². The Balaban J connectivity index is 0.00000256. The molecule has 0 amide bonds. The topological polar surface area (TPSA) is 94.1 Å². The second-order valence-corrected chi connectivity index (χ2v) is 4.62. The Labute approximate surface area is 110 Å². The largest absolute Gasteiger partial charge is 0.472 e. The van der Waals surface area contributed by atoms with Gasteiger partial charge in [-0.3, -0.25) is 0 Å². The van der Waals surface area contributed by atoms with Crippen LogP contribution in [-0.4, -0.2) is 20.7 Å². The molecule has 0 spiro atoms. The van der Waals surface area contributed by atoms with Gasteiger partial charge >= 0.3 is 5.17 Å². The SMILES string of the molecule is COC(=S)N=Nc1ccc(S(N)(=O)=O)cc1.Cl. The van der Waals surface area contributed by atoms with Crippen molar-refractivity contribution in [3.8, 4) is 0 Å². The number of rotatable bonds is 2.